The molecular weight excluding hydrogens is 204 g/mol. The zero-order valence-electron chi connectivity index (χ0n) is 9.81. The highest BCUT2D eigenvalue weighted by Crippen LogP contribution is 2.13. The molecule has 0 aliphatic heterocycles. The molecule has 0 spiro atoms. The first-order chi connectivity index (χ1) is 7.69. The van der Waals surface area contributed by atoms with Crippen molar-refractivity contribution >= 4 is 5.69 Å². The molecule has 0 saturated carbocycles. The lowest BCUT2D eigenvalue weighted by Crippen LogP contribution is -2.45. The second-order valence-electron chi connectivity index (χ2n) is 3.71. The van der Waals surface area contributed by atoms with Crippen molar-refractivity contribution in [2.75, 3.05) is 12.3 Å². The molecule has 0 radical (unpaired) electrons. The Morgan fingerprint density at radius 2 is 2.31 bits per heavy atom. The molecule has 90 valence electrons. The lowest BCUT2D eigenvalue weighted by molar-refractivity contribution is 0.0476. The zero-order valence-corrected chi connectivity index (χ0v) is 9.81. The third-order valence-corrected chi connectivity index (χ3v) is 2.59. The summed E-state index contributed by atoms with van der Waals surface area (Å²) in [5.41, 5.74) is 10.3. The molecule has 5 N–H and O–H groups in total. The lowest BCUT2D eigenvalue weighted by atomic mass is 10.0. The van der Waals surface area contributed by atoms with E-state index < -0.39 is 0 Å². The van der Waals surface area contributed by atoms with Gasteiger partial charge in [0.05, 0.1) is 12.1 Å². The Hall–Kier alpha value is -1.17. The summed E-state index contributed by atoms with van der Waals surface area (Å²) < 4.78 is 5.50. The maximum absolute atomic E-state index is 5.85. The average molecular weight is 224 g/mol. The summed E-state index contributed by atoms with van der Waals surface area (Å²) >= 11 is 0. The van der Waals surface area contributed by atoms with Crippen molar-refractivity contribution in [1.29, 1.82) is 0 Å². The maximum Gasteiger partial charge on any atom is 0.0716 e. The predicted octanol–water partition coefficient (Wildman–Crippen LogP) is 0.463. The van der Waals surface area contributed by atoms with Crippen LogP contribution in [0.5, 0.6) is 0 Å². The first-order valence-corrected chi connectivity index (χ1v) is 5.45. The van der Waals surface area contributed by atoms with Crippen molar-refractivity contribution in [2.24, 2.45) is 5.84 Å². The predicted molar refractivity (Wildman–Crippen MR) is 64.6 cm³/mol. The highest BCUT2D eigenvalue weighted by molar-refractivity contribution is 5.44. The summed E-state index contributed by atoms with van der Waals surface area (Å²) in [7, 11) is 0. The highest BCUT2D eigenvalue weighted by atomic mass is 16.5. The molecule has 16 heavy (non-hydrogen) atoms. The minimum atomic E-state index is 0.0337. The molecule has 1 aromatic heterocycles. The number of hydrogen-bond acceptors (Lipinski definition) is 5. The quantitative estimate of drug-likeness (QED) is 0.483. The topological polar surface area (TPSA) is 86.2 Å². The van der Waals surface area contributed by atoms with Crippen LogP contribution in [0.2, 0.25) is 0 Å². The van der Waals surface area contributed by atoms with Crippen LogP contribution in [0, 0.1) is 0 Å². The van der Waals surface area contributed by atoms with Crippen LogP contribution in [0.4, 0.5) is 5.69 Å². The van der Waals surface area contributed by atoms with Crippen molar-refractivity contribution in [1.82, 2.24) is 10.4 Å². The molecule has 2 unspecified atom stereocenters. The molecule has 0 bridgehead atoms. The Morgan fingerprint density at radius 3 is 2.88 bits per heavy atom. The van der Waals surface area contributed by atoms with Crippen LogP contribution in [-0.4, -0.2) is 23.7 Å². The monoisotopic (exact) mass is 224 g/mol. The van der Waals surface area contributed by atoms with Gasteiger partial charge in [-0.1, -0.05) is 0 Å². The van der Waals surface area contributed by atoms with Gasteiger partial charge in [0.1, 0.15) is 0 Å². The van der Waals surface area contributed by atoms with Crippen molar-refractivity contribution in [3.63, 3.8) is 0 Å². The Labute approximate surface area is 96.2 Å². The van der Waals surface area contributed by atoms with E-state index >= 15 is 0 Å². The molecule has 0 aliphatic rings. The van der Waals surface area contributed by atoms with Crippen LogP contribution in [0.15, 0.2) is 18.5 Å². The molecule has 0 aliphatic carbocycles. The fraction of sp³-hybridized carbons (Fsp3) is 0.545. The summed E-state index contributed by atoms with van der Waals surface area (Å²) in [6.07, 6.45) is 4.18. The molecule has 2 atom stereocenters. The van der Waals surface area contributed by atoms with Gasteiger partial charge in [0.15, 0.2) is 0 Å². The normalized spacial score (nSPS) is 14.7. The number of aromatic nitrogens is 1. The Balaban J connectivity index is 2.66. The van der Waals surface area contributed by atoms with Gasteiger partial charge in [0, 0.05) is 24.7 Å². The van der Waals surface area contributed by atoms with Crippen molar-refractivity contribution in [3.05, 3.63) is 24.0 Å². The van der Waals surface area contributed by atoms with E-state index in [1.807, 2.05) is 13.8 Å². The minimum Gasteiger partial charge on any atom is -0.398 e. The van der Waals surface area contributed by atoms with Gasteiger partial charge in [-0.25, -0.2) is 0 Å². The molecule has 1 aromatic rings. The lowest BCUT2D eigenvalue weighted by Gasteiger charge is -2.23. The first kappa shape index (κ1) is 12.9. The number of ether oxygens (including phenoxy) is 1. The van der Waals surface area contributed by atoms with E-state index in [0.29, 0.717) is 13.0 Å². The molecular formula is C11H20N4O. The standard InChI is InChI=1S/C11H20N4O/c1-3-16-8(2)11(15-13)6-9-7-14-5-4-10(9)12/h4-5,7-8,11,15H,3,6,13H2,1-2H3,(H2,12,14). The smallest absolute Gasteiger partial charge is 0.0716 e. The average Bonchev–Trinajstić information content (AvgIpc) is 2.28. The van der Waals surface area contributed by atoms with Crippen molar-refractivity contribution in [2.45, 2.75) is 32.4 Å². The van der Waals surface area contributed by atoms with E-state index in [0.717, 1.165) is 11.3 Å². The molecule has 1 rings (SSSR count). The van der Waals surface area contributed by atoms with Crippen LogP contribution in [0.1, 0.15) is 19.4 Å². The maximum atomic E-state index is 5.85. The Morgan fingerprint density at radius 1 is 1.56 bits per heavy atom. The Kier molecular flexibility index (Phi) is 5.18. The molecule has 0 saturated heterocycles. The number of nitrogens with two attached hydrogens (primary N) is 2. The van der Waals surface area contributed by atoms with Gasteiger partial charge < -0.3 is 10.5 Å². The number of hydrazine groups is 1. The largest absolute Gasteiger partial charge is 0.398 e. The van der Waals surface area contributed by atoms with Crippen LogP contribution in [0.3, 0.4) is 0 Å². The molecule has 0 amide bonds. The van der Waals surface area contributed by atoms with Crippen LogP contribution in [-0.2, 0) is 11.2 Å². The van der Waals surface area contributed by atoms with Crippen molar-refractivity contribution < 1.29 is 4.74 Å². The third kappa shape index (κ3) is 3.44. The van der Waals surface area contributed by atoms with E-state index in [4.69, 9.17) is 16.3 Å². The summed E-state index contributed by atoms with van der Waals surface area (Å²) in [4.78, 5) is 4.05. The number of nitrogens with zero attached hydrogens (tertiary/aromatic N) is 1. The number of nitrogens with one attached hydrogen (secondary N) is 1. The second-order valence-corrected chi connectivity index (χ2v) is 3.71. The van der Waals surface area contributed by atoms with Gasteiger partial charge in [-0.15, -0.1) is 0 Å². The Bertz CT molecular complexity index is 319. The molecule has 0 fully saturated rings. The van der Waals surface area contributed by atoms with E-state index in [2.05, 4.69) is 10.4 Å². The number of rotatable bonds is 6. The van der Waals surface area contributed by atoms with Crippen LogP contribution < -0.4 is 17.0 Å². The highest BCUT2D eigenvalue weighted by Gasteiger charge is 2.17. The van der Waals surface area contributed by atoms with Crippen LogP contribution in [0.25, 0.3) is 0 Å². The van der Waals surface area contributed by atoms with Gasteiger partial charge >= 0.3 is 0 Å². The minimum absolute atomic E-state index is 0.0337. The number of anilines is 1. The van der Waals surface area contributed by atoms with Crippen molar-refractivity contribution in [3.8, 4) is 0 Å². The second kappa shape index (κ2) is 6.42. The van der Waals surface area contributed by atoms with E-state index in [9.17, 15) is 0 Å². The van der Waals surface area contributed by atoms with Gasteiger partial charge in [-0.3, -0.25) is 16.3 Å². The molecule has 1 heterocycles. The summed E-state index contributed by atoms with van der Waals surface area (Å²) in [5.74, 6) is 5.51. The summed E-state index contributed by atoms with van der Waals surface area (Å²) in [6, 6.07) is 1.82. The van der Waals surface area contributed by atoms with E-state index in [1.165, 1.54) is 0 Å². The molecule has 0 aromatic carbocycles. The zero-order chi connectivity index (χ0) is 12.0. The molecule has 5 nitrogen and oxygen atoms in total. The number of nitrogen functional groups attached to an aromatic ring is 1. The fourth-order valence-electron chi connectivity index (χ4n) is 1.58. The van der Waals surface area contributed by atoms with E-state index in [-0.39, 0.29) is 12.1 Å². The first-order valence-electron chi connectivity index (χ1n) is 5.45. The third-order valence-electron chi connectivity index (χ3n) is 2.59. The number of pyridine rings is 1. The summed E-state index contributed by atoms with van der Waals surface area (Å²) in [5, 5.41) is 0. The van der Waals surface area contributed by atoms with Gasteiger partial charge in [-0.2, -0.15) is 0 Å². The van der Waals surface area contributed by atoms with Gasteiger partial charge in [0.2, 0.25) is 0 Å². The van der Waals surface area contributed by atoms with Gasteiger partial charge in [0.25, 0.3) is 0 Å². The number of hydrogen-bond donors (Lipinski definition) is 3. The molecule has 5 heteroatoms. The van der Waals surface area contributed by atoms with E-state index in [1.54, 1.807) is 18.5 Å². The summed E-state index contributed by atoms with van der Waals surface area (Å²) in [6.45, 7) is 4.62. The van der Waals surface area contributed by atoms with Crippen LogP contribution >= 0.6 is 0 Å². The fourth-order valence-corrected chi connectivity index (χ4v) is 1.58. The SMILES string of the molecule is CCOC(C)C(Cc1cnccc1N)NN. The van der Waals surface area contributed by atoms with Gasteiger partial charge in [-0.05, 0) is 31.9 Å².